The number of hydrogen-bond donors (Lipinski definition) is 1. The number of alkyl halides is 3. The van der Waals surface area contributed by atoms with Gasteiger partial charge in [0.25, 0.3) is 0 Å². The summed E-state index contributed by atoms with van der Waals surface area (Å²) in [5.74, 6) is -0.550. The molecule has 3 nitrogen and oxygen atoms in total. The van der Waals surface area contributed by atoms with Gasteiger partial charge < -0.3 is 10.2 Å². The molecule has 1 heterocycles. The first kappa shape index (κ1) is 19.8. The summed E-state index contributed by atoms with van der Waals surface area (Å²) < 4.78 is 39.2. The first-order chi connectivity index (χ1) is 10.3. The Balaban J connectivity index is 0.00000264. The topological polar surface area (TPSA) is 32.3 Å². The van der Waals surface area contributed by atoms with Crippen LogP contribution in [0.15, 0.2) is 24.3 Å². The van der Waals surface area contributed by atoms with Crippen LogP contribution in [0.1, 0.15) is 37.3 Å². The number of benzene rings is 1. The molecule has 1 aromatic rings. The van der Waals surface area contributed by atoms with E-state index >= 15 is 0 Å². The van der Waals surface area contributed by atoms with E-state index in [0.29, 0.717) is 6.54 Å². The monoisotopic (exact) mass is 350 g/mol. The van der Waals surface area contributed by atoms with Gasteiger partial charge in [-0.25, -0.2) is 0 Å². The molecule has 2 atom stereocenters. The molecule has 1 fully saturated rings. The summed E-state index contributed by atoms with van der Waals surface area (Å²) in [6.45, 7) is 5.67. The van der Waals surface area contributed by atoms with Crippen molar-refractivity contribution in [3.8, 4) is 0 Å². The van der Waals surface area contributed by atoms with Gasteiger partial charge in [-0.15, -0.1) is 12.4 Å². The predicted octanol–water partition coefficient (Wildman–Crippen LogP) is 3.44. The molecule has 1 aliphatic heterocycles. The van der Waals surface area contributed by atoms with E-state index in [9.17, 15) is 18.0 Å². The van der Waals surface area contributed by atoms with Gasteiger partial charge in [0, 0.05) is 32.1 Å². The lowest BCUT2D eigenvalue weighted by Crippen LogP contribution is -2.52. The second-order valence-electron chi connectivity index (χ2n) is 5.83. The minimum absolute atomic E-state index is 0. The largest absolute Gasteiger partial charge is 0.416 e. The van der Waals surface area contributed by atoms with Crippen LogP contribution in [-0.4, -0.2) is 36.5 Å². The molecule has 1 aromatic carbocycles. The highest BCUT2D eigenvalue weighted by molar-refractivity contribution is 5.85. The molecule has 0 radical (unpaired) electrons. The molecule has 23 heavy (non-hydrogen) atoms. The summed E-state index contributed by atoms with van der Waals surface area (Å²) in [6, 6.07) is 5.57. The Hall–Kier alpha value is -1.27. The molecule has 130 valence electrons. The number of carbonyl (C=O) groups is 1. The number of carbonyl (C=O) groups excluding carboxylic acids is 1. The van der Waals surface area contributed by atoms with Crippen molar-refractivity contribution in [2.75, 3.05) is 19.6 Å². The molecule has 2 rings (SSSR count). The summed E-state index contributed by atoms with van der Waals surface area (Å²) >= 11 is 0. The second kappa shape index (κ2) is 8.02. The van der Waals surface area contributed by atoms with E-state index < -0.39 is 17.7 Å². The van der Waals surface area contributed by atoms with Gasteiger partial charge in [-0.3, -0.25) is 4.79 Å². The highest BCUT2D eigenvalue weighted by Crippen LogP contribution is 2.36. The summed E-state index contributed by atoms with van der Waals surface area (Å²) in [5.41, 5.74) is -0.463. The molecule has 0 aromatic heterocycles. The molecule has 0 saturated carbocycles. The highest BCUT2D eigenvalue weighted by Gasteiger charge is 2.35. The van der Waals surface area contributed by atoms with Crippen LogP contribution in [-0.2, 0) is 11.0 Å². The number of nitrogens with zero attached hydrogens (tertiary/aromatic N) is 1. The molecular formula is C16H22ClF3N2O. The Bertz CT molecular complexity index is 536. The van der Waals surface area contributed by atoms with Gasteiger partial charge in [0.2, 0.25) is 5.91 Å². The number of piperazine rings is 1. The van der Waals surface area contributed by atoms with E-state index in [4.69, 9.17) is 0 Å². The van der Waals surface area contributed by atoms with Crippen molar-refractivity contribution < 1.29 is 18.0 Å². The molecule has 0 bridgehead atoms. The van der Waals surface area contributed by atoms with Crippen LogP contribution in [0, 0.1) is 0 Å². The average Bonchev–Trinajstić information content (AvgIpc) is 2.46. The van der Waals surface area contributed by atoms with Crippen molar-refractivity contribution in [1.82, 2.24) is 10.2 Å². The summed E-state index contributed by atoms with van der Waals surface area (Å²) in [5, 5.41) is 3.19. The van der Waals surface area contributed by atoms with Crippen LogP contribution in [0.3, 0.4) is 0 Å². The molecular weight excluding hydrogens is 329 g/mol. The van der Waals surface area contributed by atoms with Crippen LogP contribution < -0.4 is 5.32 Å². The molecule has 2 unspecified atom stereocenters. The van der Waals surface area contributed by atoms with Gasteiger partial charge in [0.15, 0.2) is 0 Å². The maximum absolute atomic E-state index is 13.1. The van der Waals surface area contributed by atoms with Crippen molar-refractivity contribution in [3.63, 3.8) is 0 Å². The smallest absolute Gasteiger partial charge is 0.337 e. The van der Waals surface area contributed by atoms with Crippen LogP contribution >= 0.6 is 12.4 Å². The SMILES string of the molecule is CC(CC(=O)N1CCNCC1C)c1ccccc1C(F)(F)F.Cl. The van der Waals surface area contributed by atoms with Crippen LogP contribution in [0.2, 0.25) is 0 Å². The Labute approximate surface area is 140 Å². The third-order valence-corrected chi connectivity index (χ3v) is 4.10. The zero-order valence-electron chi connectivity index (χ0n) is 13.2. The van der Waals surface area contributed by atoms with E-state index in [1.54, 1.807) is 17.9 Å². The fourth-order valence-corrected chi connectivity index (χ4v) is 2.89. The maximum atomic E-state index is 13.1. The predicted molar refractivity (Wildman–Crippen MR) is 85.8 cm³/mol. The van der Waals surface area contributed by atoms with E-state index in [-0.39, 0.29) is 36.3 Å². The van der Waals surface area contributed by atoms with E-state index in [1.807, 2.05) is 6.92 Å². The van der Waals surface area contributed by atoms with Crippen molar-refractivity contribution >= 4 is 18.3 Å². The Morgan fingerprint density at radius 2 is 2.04 bits per heavy atom. The third kappa shape index (κ3) is 4.85. The summed E-state index contributed by atoms with van der Waals surface area (Å²) in [7, 11) is 0. The van der Waals surface area contributed by atoms with Gasteiger partial charge in [-0.05, 0) is 24.5 Å². The molecule has 0 spiro atoms. The number of hydrogen-bond acceptors (Lipinski definition) is 2. The van der Waals surface area contributed by atoms with Crippen LogP contribution in [0.5, 0.6) is 0 Å². The minimum atomic E-state index is -4.39. The van der Waals surface area contributed by atoms with Gasteiger partial charge in [-0.2, -0.15) is 13.2 Å². The van der Waals surface area contributed by atoms with Crippen molar-refractivity contribution in [3.05, 3.63) is 35.4 Å². The molecule has 0 aliphatic carbocycles. The average molecular weight is 351 g/mol. The molecule has 1 amide bonds. The van der Waals surface area contributed by atoms with E-state index in [2.05, 4.69) is 5.32 Å². The lowest BCUT2D eigenvalue weighted by Gasteiger charge is -2.34. The van der Waals surface area contributed by atoms with Crippen molar-refractivity contribution in [1.29, 1.82) is 0 Å². The maximum Gasteiger partial charge on any atom is 0.416 e. The quantitative estimate of drug-likeness (QED) is 0.905. The standard InChI is InChI=1S/C16H21F3N2O.ClH/c1-11(9-15(22)21-8-7-20-10-12(21)2)13-5-3-4-6-14(13)16(17,18)19;/h3-6,11-12,20H,7-10H2,1-2H3;1H. The van der Waals surface area contributed by atoms with Gasteiger partial charge >= 0.3 is 6.18 Å². The lowest BCUT2D eigenvalue weighted by atomic mass is 9.92. The van der Waals surface area contributed by atoms with E-state index in [1.165, 1.54) is 12.1 Å². The molecule has 1 aliphatic rings. The van der Waals surface area contributed by atoms with Gasteiger partial charge in [-0.1, -0.05) is 25.1 Å². The number of nitrogens with one attached hydrogen (secondary N) is 1. The fraction of sp³-hybridized carbons (Fsp3) is 0.562. The van der Waals surface area contributed by atoms with Gasteiger partial charge in [0.1, 0.15) is 0 Å². The third-order valence-electron chi connectivity index (χ3n) is 4.10. The zero-order chi connectivity index (χ0) is 16.3. The first-order valence-electron chi connectivity index (χ1n) is 7.47. The highest BCUT2D eigenvalue weighted by atomic mass is 35.5. The fourth-order valence-electron chi connectivity index (χ4n) is 2.89. The Morgan fingerprint density at radius 1 is 1.39 bits per heavy atom. The number of amides is 1. The van der Waals surface area contributed by atoms with Crippen LogP contribution in [0.4, 0.5) is 13.2 Å². The molecule has 1 N–H and O–H groups in total. The lowest BCUT2D eigenvalue weighted by molar-refractivity contribution is -0.139. The van der Waals surface area contributed by atoms with Gasteiger partial charge in [0.05, 0.1) is 5.56 Å². The molecule has 1 saturated heterocycles. The Kier molecular flexibility index (Phi) is 6.89. The molecule has 7 heteroatoms. The first-order valence-corrected chi connectivity index (χ1v) is 7.47. The number of rotatable bonds is 3. The Morgan fingerprint density at radius 3 is 2.65 bits per heavy atom. The summed E-state index contributed by atoms with van der Waals surface area (Å²) in [4.78, 5) is 14.1. The second-order valence-corrected chi connectivity index (χ2v) is 5.83. The minimum Gasteiger partial charge on any atom is -0.337 e. The van der Waals surface area contributed by atoms with Crippen molar-refractivity contribution in [2.45, 2.75) is 38.4 Å². The zero-order valence-corrected chi connectivity index (χ0v) is 14.0. The summed E-state index contributed by atoms with van der Waals surface area (Å²) in [6.07, 6.45) is -4.30. The van der Waals surface area contributed by atoms with Crippen LogP contribution in [0.25, 0.3) is 0 Å². The van der Waals surface area contributed by atoms with E-state index in [0.717, 1.165) is 19.2 Å². The normalized spacial score (nSPS) is 19.9. The number of halogens is 4. The van der Waals surface area contributed by atoms with Crippen molar-refractivity contribution in [2.24, 2.45) is 0 Å².